The van der Waals surface area contributed by atoms with Gasteiger partial charge in [0.2, 0.25) is 12.5 Å². The molecule has 0 spiro atoms. The Morgan fingerprint density at radius 3 is 2.57 bits per heavy atom. The summed E-state index contributed by atoms with van der Waals surface area (Å²) in [4.78, 5) is 37.2. The summed E-state index contributed by atoms with van der Waals surface area (Å²) < 4.78 is 5.14. The standard InChI is InChI=1S/C17H22N2O4/c1-17(2,3)18-15(21)14-16(22)23-10-13(19(14)11-20)9-12-7-5-4-6-8-12/h4-8,11,13-14H,9-10H2,1-3H3,(H,18,21)/t13-,14?/m0/s1. The molecule has 1 heterocycles. The molecule has 1 N–H and O–H groups in total. The summed E-state index contributed by atoms with van der Waals surface area (Å²) in [5.74, 6) is -1.21. The van der Waals surface area contributed by atoms with Crippen molar-refractivity contribution in [1.82, 2.24) is 10.2 Å². The van der Waals surface area contributed by atoms with Crippen LogP contribution in [-0.4, -0.2) is 47.4 Å². The van der Waals surface area contributed by atoms with Crippen LogP contribution in [0.2, 0.25) is 0 Å². The van der Waals surface area contributed by atoms with Gasteiger partial charge in [-0.3, -0.25) is 9.59 Å². The molecule has 124 valence electrons. The van der Waals surface area contributed by atoms with Crippen LogP contribution in [0, 0.1) is 0 Å². The van der Waals surface area contributed by atoms with E-state index in [1.54, 1.807) is 0 Å². The Balaban J connectivity index is 2.18. The molecule has 0 radical (unpaired) electrons. The summed E-state index contributed by atoms with van der Waals surface area (Å²) in [7, 11) is 0. The molecule has 1 saturated heterocycles. The summed E-state index contributed by atoms with van der Waals surface area (Å²) in [6.07, 6.45) is 1.08. The van der Waals surface area contributed by atoms with Crippen LogP contribution >= 0.6 is 0 Å². The van der Waals surface area contributed by atoms with Gasteiger partial charge in [-0.2, -0.15) is 0 Å². The molecule has 1 fully saturated rings. The van der Waals surface area contributed by atoms with Gasteiger partial charge in [0.25, 0.3) is 5.91 Å². The van der Waals surface area contributed by atoms with Crippen LogP contribution in [0.4, 0.5) is 0 Å². The van der Waals surface area contributed by atoms with E-state index < -0.39 is 23.5 Å². The maximum Gasteiger partial charge on any atom is 0.338 e. The smallest absolute Gasteiger partial charge is 0.338 e. The Morgan fingerprint density at radius 2 is 2.00 bits per heavy atom. The Hall–Kier alpha value is -2.37. The van der Waals surface area contributed by atoms with Gasteiger partial charge >= 0.3 is 5.97 Å². The highest BCUT2D eigenvalue weighted by Gasteiger charge is 2.42. The van der Waals surface area contributed by atoms with Crippen LogP contribution < -0.4 is 5.32 Å². The lowest BCUT2D eigenvalue weighted by molar-refractivity contribution is -0.169. The highest BCUT2D eigenvalue weighted by molar-refractivity contribution is 6.04. The number of hydrogen-bond donors (Lipinski definition) is 1. The van der Waals surface area contributed by atoms with Crippen molar-refractivity contribution in [2.75, 3.05) is 6.61 Å². The SMILES string of the molecule is CC(C)(C)NC(=O)C1C(=O)OC[C@H](Cc2ccccc2)N1C=O. The number of nitrogens with zero attached hydrogens (tertiary/aromatic N) is 1. The molecule has 0 bridgehead atoms. The summed E-state index contributed by atoms with van der Waals surface area (Å²) in [6, 6.07) is 7.98. The van der Waals surface area contributed by atoms with Crippen molar-refractivity contribution in [2.45, 2.75) is 44.8 Å². The van der Waals surface area contributed by atoms with Gasteiger partial charge in [0.05, 0.1) is 6.04 Å². The maximum atomic E-state index is 12.4. The van der Waals surface area contributed by atoms with Crippen molar-refractivity contribution in [2.24, 2.45) is 0 Å². The van der Waals surface area contributed by atoms with Gasteiger partial charge in [-0.1, -0.05) is 30.3 Å². The molecular formula is C17H22N2O4. The molecule has 0 aromatic heterocycles. The summed E-state index contributed by atoms with van der Waals surface area (Å²) >= 11 is 0. The number of carbonyl (C=O) groups is 3. The number of rotatable bonds is 4. The zero-order valence-electron chi connectivity index (χ0n) is 13.6. The molecule has 6 nitrogen and oxygen atoms in total. The fraction of sp³-hybridized carbons (Fsp3) is 0.471. The molecule has 1 unspecified atom stereocenters. The van der Waals surface area contributed by atoms with E-state index in [-0.39, 0.29) is 12.6 Å². The van der Waals surface area contributed by atoms with Gasteiger partial charge in [-0.25, -0.2) is 4.79 Å². The second kappa shape index (κ2) is 6.81. The van der Waals surface area contributed by atoms with E-state index in [0.717, 1.165) is 5.56 Å². The van der Waals surface area contributed by atoms with Crippen LogP contribution in [0.1, 0.15) is 26.3 Å². The molecule has 2 atom stereocenters. The van der Waals surface area contributed by atoms with E-state index in [1.807, 2.05) is 51.1 Å². The van der Waals surface area contributed by atoms with E-state index in [9.17, 15) is 14.4 Å². The summed E-state index contributed by atoms with van der Waals surface area (Å²) in [6.45, 7) is 5.52. The van der Waals surface area contributed by atoms with Crippen LogP contribution in [0.25, 0.3) is 0 Å². The van der Waals surface area contributed by atoms with Gasteiger partial charge in [0.15, 0.2) is 0 Å². The topological polar surface area (TPSA) is 75.7 Å². The third kappa shape index (κ3) is 4.31. The van der Waals surface area contributed by atoms with E-state index in [4.69, 9.17) is 4.74 Å². The minimum atomic E-state index is -1.24. The zero-order valence-corrected chi connectivity index (χ0v) is 13.6. The molecule has 1 aliphatic rings. The Labute approximate surface area is 135 Å². The average Bonchev–Trinajstić information content (AvgIpc) is 2.47. The monoisotopic (exact) mass is 318 g/mol. The highest BCUT2D eigenvalue weighted by atomic mass is 16.5. The largest absolute Gasteiger partial charge is 0.462 e. The lowest BCUT2D eigenvalue weighted by Crippen LogP contribution is -2.62. The predicted molar refractivity (Wildman–Crippen MR) is 84.5 cm³/mol. The van der Waals surface area contributed by atoms with E-state index in [2.05, 4.69) is 5.32 Å². The third-order valence-electron chi connectivity index (χ3n) is 3.54. The number of cyclic esters (lactones) is 1. The number of nitrogens with one attached hydrogen (secondary N) is 1. The number of benzene rings is 1. The van der Waals surface area contributed by atoms with E-state index in [1.165, 1.54) is 4.90 Å². The summed E-state index contributed by atoms with van der Waals surface area (Å²) in [5.41, 5.74) is 0.510. The fourth-order valence-electron chi connectivity index (χ4n) is 2.55. The molecule has 2 amide bonds. The molecule has 2 rings (SSSR count). The first-order valence-corrected chi connectivity index (χ1v) is 7.57. The van der Waals surface area contributed by atoms with Crippen molar-refractivity contribution in [3.63, 3.8) is 0 Å². The highest BCUT2D eigenvalue weighted by Crippen LogP contribution is 2.18. The van der Waals surface area contributed by atoms with Gasteiger partial charge in [0, 0.05) is 5.54 Å². The normalized spacial score (nSPS) is 21.5. The quantitative estimate of drug-likeness (QED) is 0.508. The number of morpholine rings is 1. The molecule has 1 aromatic carbocycles. The zero-order chi connectivity index (χ0) is 17.0. The second-order valence-electron chi connectivity index (χ2n) is 6.67. The van der Waals surface area contributed by atoms with Crippen LogP contribution in [0.15, 0.2) is 30.3 Å². The van der Waals surface area contributed by atoms with Crippen molar-refractivity contribution in [3.8, 4) is 0 Å². The molecule has 0 saturated carbocycles. The van der Waals surface area contributed by atoms with Gasteiger partial charge < -0.3 is 15.0 Å². The van der Waals surface area contributed by atoms with Crippen LogP contribution in [-0.2, 0) is 25.5 Å². The molecule has 1 aliphatic heterocycles. The van der Waals surface area contributed by atoms with Gasteiger partial charge in [-0.15, -0.1) is 0 Å². The molecule has 23 heavy (non-hydrogen) atoms. The predicted octanol–water partition coefficient (Wildman–Crippen LogP) is 0.896. The summed E-state index contributed by atoms with van der Waals surface area (Å²) in [5, 5.41) is 2.73. The van der Waals surface area contributed by atoms with Gasteiger partial charge in [-0.05, 0) is 32.8 Å². The number of esters is 1. The van der Waals surface area contributed by atoms with Crippen molar-refractivity contribution < 1.29 is 19.1 Å². The van der Waals surface area contributed by atoms with Gasteiger partial charge in [0.1, 0.15) is 6.61 Å². The molecular weight excluding hydrogens is 296 g/mol. The number of ether oxygens (including phenoxy) is 1. The second-order valence-corrected chi connectivity index (χ2v) is 6.67. The maximum absolute atomic E-state index is 12.4. The lowest BCUT2D eigenvalue weighted by Gasteiger charge is -2.38. The lowest BCUT2D eigenvalue weighted by atomic mass is 10.0. The Morgan fingerprint density at radius 1 is 1.35 bits per heavy atom. The number of carbonyl (C=O) groups excluding carboxylic acids is 3. The van der Waals surface area contributed by atoms with E-state index >= 15 is 0 Å². The first-order valence-electron chi connectivity index (χ1n) is 7.57. The van der Waals surface area contributed by atoms with Crippen LogP contribution in [0.3, 0.4) is 0 Å². The minimum absolute atomic E-state index is 0.0891. The molecule has 6 heteroatoms. The van der Waals surface area contributed by atoms with Crippen LogP contribution in [0.5, 0.6) is 0 Å². The fourth-order valence-corrected chi connectivity index (χ4v) is 2.55. The third-order valence-corrected chi connectivity index (χ3v) is 3.54. The Bertz CT molecular complexity index is 580. The first kappa shape index (κ1) is 17.0. The van der Waals surface area contributed by atoms with Crippen molar-refractivity contribution in [1.29, 1.82) is 0 Å². The average molecular weight is 318 g/mol. The van der Waals surface area contributed by atoms with E-state index in [0.29, 0.717) is 12.8 Å². The van der Waals surface area contributed by atoms with Crippen molar-refractivity contribution >= 4 is 18.3 Å². The Kier molecular flexibility index (Phi) is 5.03. The number of amides is 2. The molecule has 0 aliphatic carbocycles. The molecule has 1 aromatic rings. The van der Waals surface area contributed by atoms with Crippen molar-refractivity contribution in [3.05, 3.63) is 35.9 Å². The first-order chi connectivity index (χ1) is 10.8. The minimum Gasteiger partial charge on any atom is -0.462 e. The number of hydrogen-bond acceptors (Lipinski definition) is 4.